The first-order valence-corrected chi connectivity index (χ1v) is 9.71. The first-order chi connectivity index (χ1) is 13.5. The Bertz CT molecular complexity index is 843. The molecular weight excluding hydrogens is 354 g/mol. The number of aliphatic carboxylic acids is 1. The number of nitrogens with one attached hydrogen (secondary N) is 2. The summed E-state index contributed by atoms with van der Waals surface area (Å²) in [5, 5.41) is 20.5. The number of aryl methyl sites for hydroxylation is 1. The van der Waals surface area contributed by atoms with E-state index in [1.165, 1.54) is 0 Å². The van der Waals surface area contributed by atoms with Crippen molar-refractivity contribution in [2.24, 2.45) is 5.73 Å². The highest BCUT2D eigenvalue weighted by molar-refractivity contribution is 5.95. The van der Waals surface area contributed by atoms with Crippen LogP contribution in [-0.4, -0.2) is 23.0 Å². The van der Waals surface area contributed by atoms with Crippen LogP contribution in [0.15, 0.2) is 42.5 Å². The average molecular weight is 381 g/mol. The summed E-state index contributed by atoms with van der Waals surface area (Å²) in [4.78, 5) is 12.1. The van der Waals surface area contributed by atoms with Crippen LogP contribution in [0.2, 0.25) is 0 Å². The van der Waals surface area contributed by atoms with Gasteiger partial charge < -0.3 is 20.9 Å². The first kappa shape index (κ1) is 19.7. The van der Waals surface area contributed by atoms with Crippen LogP contribution >= 0.6 is 0 Å². The number of carboxylic acids is 1. The molecule has 6 heteroatoms. The SMILES string of the molecule is CCc1ccc(OC2CCCC2)c([C@@H](Nc2ccc(C(=N)N)cc2)C(=O)O)c1. The molecule has 28 heavy (non-hydrogen) atoms. The summed E-state index contributed by atoms with van der Waals surface area (Å²) in [5.41, 5.74) is 8.42. The average Bonchev–Trinajstić information content (AvgIpc) is 3.20. The third kappa shape index (κ3) is 4.63. The van der Waals surface area contributed by atoms with Gasteiger partial charge in [0.05, 0.1) is 6.10 Å². The fourth-order valence-corrected chi connectivity index (χ4v) is 3.52. The van der Waals surface area contributed by atoms with Gasteiger partial charge in [0.15, 0.2) is 6.04 Å². The fourth-order valence-electron chi connectivity index (χ4n) is 3.52. The van der Waals surface area contributed by atoms with Crippen LogP contribution in [-0.2, 0) is 11.2 Å². The Morgan fingerprint density at radius 1 is 1.25 bits per heavy atom. The summed E-state index contributed by atoms with van der Waals surface area (Å²) in [7, 11) is 0. The van der Waals surface area contributed by atoms with Crippen LogP contribution in [0.1, 0.15) is 55.3 Å². The van der Waals surface area contributed by atoms with Crippen molar-refractivity contribution in [3.63, 3.8) is 0 Å². The van der Waals surface area contributed by atoms with Gasteiger partial charge in [-0.15, -0.1) is 0 Å². The highest BCUT2D eigenvalue weighted by Gasteiger charge is 2.26. The molecule has 1 saturated carbocycles. The Morgan fingerprint density at radius 3 is 2.50 bits per heavy atom. The van der Waals surface area contributed by atoms with Crippen molar-refractivity contribution in [3.05, 3.63) is 59.2 Å². The highest BCUT2D eigenvalue weighted by Crippen LogP contribution is 2.33. The number of hydrogen-bond acceptors (Lipinski definition) is 4. The van der Waals surface area contributed by atoms with Crippen LogP contribution in [0.5, 0.6) is 5.75 Å². The molecule has 0 saturated heterocycles. The number of carbonyl (C=O) groups is 1. The third-order valence-electron chi connectivity index (χ3n) is 5.14. The molecule has 0 radical (unpaired) electrons. The Hall–Kier alpha value is -3.02. The second-order valence-electron chi connectivity index (χ2n) is 7.16. The number of nitrogens with two attached hydrogens (primary N) is 1. The van der Waals surface area contributed by atoms with Crippen molar-refractivity contribution in [1.29, 1.82) is 5.41 Å². The molecule has 5 N–H and O–H groups in total. The predicted octanol–water partition coefficient (Wildman–Crippen LogP) is 4.09. The minimum absolute atomic E-state index is 0.0239. The minimum atomic E-state index is -0.972. The predicted molar refractivity (Wildman–Crippen MR) is 110 cm³/mol. The number of ether oxygens (including phenoxy) is 1. The van der Waals surface area contributed by atoms with Crippen molar-refractivity contribution >= 4 is 17.5 Å². The van der Waals surface area contributed by atoms with E-state index in [0.717, 1.165) is 37.7 Å². The van der Waals surface area contributed by atoms with E-state index in [1.54, 1.807) is 24.3 Å². The largest absolute Gasteiger partial charge is 0.490 e. The normalized spacial score (nSPS) is 15.2. The molecule has 2 aromatic rings. The highest BCUT2D eigenvalue weighted by atomic mass is 16.5. The molecule has 0 spiro atoms. The maximum Gasteiger partial charge on any atom is 0.330 e. The molecule has 148 valence electrons. The molecule has 3 rings (SSSR count). The lowest BCUT2D eigenvalue weighted by Gasteiger charge is -2.22. The van der Waals surface area contributed by atoms with Gasteiger partial charge in [0.1, 0.15) is 11.6 Å². The molecule has 1 aliphatic rings. The second kappa shape index (κ2) is 8.78. The van der Waals surface area contributed by atoms with Gasteiger partial charge in [-0.1, -0.05) is 13.0 Å². The summed E-state index contributed by atoms with van der Waals surface area (Å²) < 4.78 is 6.18. The van der Waals surface area contributed by atoms with Crippen molar-refractivity contribution in [1.82, 2.24) is 0 Å². The summed E-state index contributed by atoms with van der Waals surface area (Å²) in [6, 6.07) is 11.7. The van der Waals surface area contributed by atoms with E-state index in [1.807, 2.05) is 25.1 Å². The number of amidine groups is 1. The lowest BCUT2D eigenvalue weighted by molar-refractivity contribution is -0.138. The smallest absolute Gasteiger partial charge is 0.330 e. The van der Waals surface area contributed by atoms with Crippen LogP contribution in [0, 0.1) is 5.41 Å². The Kier molecular flexibility index (Phi) is 6.19. The maximum atomic E-state index is 12.1. The lowest BCUT2D eigenvalue weighted by Crippen LogP contribution is -2.23. The zero-order chi connectivity index (χ0) is 20.1. The number of anilines is 1. The molecule has 0 heterocycles. The van der Waals surface area contributed by atoms with Gasteiger partial charge in [0.25, 0.3) is 0 Å². The van der Waals surface area contributed by atoms with Crippen LogP contribution in [0.3, 0.4) is 0 Å². The number of benzene rings is 2. The topological polar surface area (TPSA) is 108 Å². The zero-order valence-corrected chi connectivity index (χ0v) is 16.1. The van der Waals surface area contributed by atoms with E-state index in [2.05, 4.69) is 5.32 Å². The molecule has 1 atom stereocenters. The van der Waals surface area contributed by atoms with E-state index >= 15 is 0 Å². The molecule has 0 bridgehead atoms. The third-order valence-corrected chi connectivity index (χ3v) is 5.14. The summed E-state index contributed by atoms with van der Waals surface area (Å²) in [6.07, 6.45) is 5.28. The molecule has 0 amide bonds. The molecule has 2 aromatic carbocycles. The monoisotopic (exact) mass is 381 g/mol. The number of hydrogen-bond donors (Lipinski definition) is 4. The molecule has 0 aromatic heterocycles. The van der Waals surface area contributed by atoms with Gasteiger partial charge in [-0.25, -0.2) is 4.79 Å². The quantitative estimate of drug-likeness (QED) is 0.407. The van der Waals surface area contributed by atoms with Crippen molar-refractivity contribution < 1.29 is 14.6 Å². The van der Waals surface area contributed by atoms with Crippen LogP contribution < -0.4 is 15.8 Å². The number of carboxylic acid groups (broad SMARTS) is 1. The standard InChI is InChI=1S/C22H27N3O3/c1-2-14-7-12-19(28-17-5-3-4-6-17)18(13-14)20(22(26)27)25-16-10-8-15(9-11-16)21(23)24/h7-13,17,20,25H,2-6H2,1H3,(H3,23,24)(H,26,27)/t20-/m1/s1. The van der Waals surface area contributed by atoms with Gasteiger partial charge in [-0.2, -0.15) is 0 Å². The van der Waals surface area contributed by atoms with E-state index in [-0.39, 0.29) is 11.9 Å². The summed E-state index contributed by atoms with van der Waals surface area (Å²) in [5.74, 6) is -0.367. The van der Waals surface area contributed by atoms with Crippen LogP contribution in [0.4, 0.5) is 5.69 Å². The van der Waals surface area contributed by atoms with E-state index in [9.17, 15) is 9.90 Å². The zero-order valence-electron chi connectivity index (χ0n) is 16.1. The lowest BCUT2D eigenvalue weighted by atomic mass is 10.0. The second-order valence-corrected chi connectivity index (χ2v) is 7.16. The number of rotatable bonds is 8. The Morgan fingerprint density at radius 2 is 1.93 bits per heavy atom. The van der Waals surface area contributed by atoms with E-state index < -0.39 is 12.0 Å². The Balaban J connectivity index is 1.90. The maximum absolute atomic E-state index is 12.1. The van der Waals surface area contributed by atoms with Gasteiger partial charge in [-0.3, -0.25) is 5.41 Å². The van der Waals surface area contributed by atoms with E-state index in [0.29, 0.717) is 22.6 Å². The van der Waals surface area contributed by atoms with Gasteiger partial charge >= 0.3 is 5.97 Å². The van der Waals surface area contributed by atoms with Crippen molar-refractivity contribution in [3.8, 4) is 5.75 Å². The van der Waals surface area contributed by atoms with Gasteiger partial charge in [-0.05, 0) is 74.1 Å². The molecule has 1 fully saturated rings. The molecule has 0 unspecified atom stereocenters. The molecule has 1 aliphatic carbocycles. The molecule has 6 nitrogen and oxygen atoms in total. The van der Waals surface area contributed by atoms with Crippen LogP contribution in [0.25, 0.3) is 0 Å². The van der Waals surface area contributed by atoms with Crippen molar-refractivity contribution in [2.45, 2.75) is 51.2 Å². The van der Waals surface area contributed by atoms with Gasteiger partial charge in [0, 0.05) is 16.8 Å². The molecular formula is C22H27N3O3. The first-order valence-electron chi connectivity index (χ1n) is 9.71. The summed E-state index contributed by atoms with van der Waals surface area (Å²) in [6.45, 7) is 2.04. The van der Waals surface area contributed by atoms with Gasteiger partial charge in [0.2, 0.25) is 0 Å². The molecule has 0 aliphatic heterocycles. The number of nitrogen functional groups attached to an aromatic ring is 1. The fraction of sp³-hybridized carbons (Fsp3) is 0.364. The Labute approximate surface area is 165 Å². The van der Waals surface area contributed by atoms with Crippen molar-refractivity contribution in [2.75, 3.05) is 5.32 Å². The van der Waals surface area contributed by atoms with E-state index in [4.69, 9.17) is 15.9 Å². The summed E-state index contributed by atoms with van der Waals surface area (Å²) >= 11 is 0. The minimum Gasteiger partial charge on any atom is -0.490 e.